The first-order valence-electron chi connectivity index (χ1n) is 5.24. The fourth-order valence-corrected chi connectivity index (χ4v) is 1.26. The first-order chi connectivity index (χ1) is 7.15. The van der Waals surface area contributed by atoms with Crippen molar-refractivity contribution in [3.8, 4) is 5.75 Å². The van der Waals surface area contributed by atoms with E-state index in [2.05, 4.69) is 0 Å². The van der Waals surface area contributed by atoms with Gasteiger partial charge in [0.2, 0.25) is 0 Å². The molecule has 0 spiro atoms. The number of aliphatic hydroxyl groups is 2. The third-order valence-corrected chi connectivity index (χ3v) is 2.15. The molecule has 1 aromatic carbocycles. The van der Waals surface area contributed by atoms with Gasteiger partial charge in [0.25, 0.3) is 0 Å². The van der Waals surface area contributed by atoms with Gasteiger partial charge in [0.1, 0.15) is 11.9 Å². The highest BCUT2D eigenvalue weighted by Gasteiger charge is 2.12. The van der Waals surface area contributed by atoms with Crippen molar-refractivity contribution in [1.82, 2.24) is 0 Å². The Morgan fingerprint density at radius 1 is 1.20 bits per heavy atom. The Morgan fingerprint density at radius 2 is 1.80 bits per heavy atom. The van der Waals surface area contributed by atoms with E-state index >= 15 is 0 Å². The van der Waals surface area contributed by atoms with Crippen LogP contribution in [-0.4, -0.2) is 22.9 Å². The summed E-state index contributed by atoms with van der Waals surface area (Å²) in [7, 11) is 0. The normalized spacial score (nSPS) is 14.7. The molecule has 2 N–H and O–H groups in total. The average molecular weight is 210 g/mol. The second-order valence-electron chi connectivity index (χ2n) is 3.60. The highest BCUT2D eigenvalue weighted by atomic mass is 16.5. The smallest absolute Gasteiger partial charge is 0.119 e. The van der Waals surface area contributed by atoms with Crippen LogP contribution in [0, 0.1) is 0 Å². The summed E-state index contributed by atoms with van der Waals surface area (Å²) in [6.45, 7) is 4.30. The number of aliphatic hydroxyl groups excluding tert-OH is 2. The Balaban J connectivity index is 2.63. The maximum atomic E-state index is 9.57. The van der Waals surface area contributed by atoms with Crippen LogP contribution in [0.1, 0.15) is 31.9 Å². The molecule has 0 radical (unpaired) electrons. The Bertz CT molecular complexity index is 279. The number of ether oxygens (including phenoxy) is 1. The van der Waals surface area contributed by atoms with Gasteiger partial charge in [-0.3, -0.25) is 0 Å². The molecule has 0 saturated heterocycles. The molecule has 1 rings (SSSR count). The highest BCUT2D eigenvalue weighted by Crippen LogP contribution is 2.20. The second-order valence-corrected chi connectivity index (χ2v) is 3.60. The highest BCUT2D eigenvalue weighted by molar-refractivity contribution is 5.28. The summed E-state index contributed by atoms with van der Waals surface area (Å²) in [6.07, 6.45) is -0.615. The molecular weight excluding hydrogens is 192 g/mol. The summed E-state index contributed by atoms with van der Waals surface area (Å²) < 4.78 is 5.41. The number of rotatable bonds is 5. The van der Waals surface area contributed by atoms with Gasteiger partial charge in [0.05, 0.1) is 12.7 Å². The monoisotopic (exact) mass is 210 g/mol. The van der Waals surface area contributed by atoms with E-state index in [1.165, 1.54) is 0 Å². The van der Waals surface area contributed by atoms with Crippen LogP contribution in [0.2, 0.25) is 0 Å². The van der Waals surface area contributed by atoms with Crippen LogP contribution in [-0.2, 0) is 0 Å². The van der Waals surface area contributed by atoms with Gasteiger partial charge in [-0.25, -0.2) is 0 Å². The van der Waals surface area contributed by atoms with Gasteiger partial charge in [-0.2, -0.15) is 0 Å². The molecule has 0 aliphatic carbocycles. The molecule has 3 heteroatoms. The first kappa shape index (κ1) is 12.0. The van der Waals surface area contributed by atoms with Gasteiger partial charge in [0.15, 0.2) is 0 Å². The summed E-state index contributed by atoms with van der Waals surface area (Å²) in [4.78, 5) is 0. The Kier molecular flexibility index (Phi) is 4.59. The topological polar surface area (TPSA) is 49.7 Å². The van der Waals surface area contributed by atoms with Gasteiger partial charge in [-0.1, -0.05) is 19.1 Å². The molecule has 2 atom stereocenters. The van der Waals surface area contributed by atoms with E-state index in [0.717, 1.165) is 12.2 Å². The minimum Gasteiger partial charge on any atom is -0.494 e. The van der Waals surface area contributed by atoms with E-state index in [1.54, 1.807) is 31.2 Å². The lowest BCUT2D eigenvalue weighted by Gasteiger charge is -2.14. The van der Waals surface area contributed by atoms with Crippen molar-refractivity contribution >= 4 is 0 Å². The third-order valence-electron chi connectivity index (χ3n) is 2.15. The number of hydrogen-bond donors (Lipinski definition) is 2. The van der Waals surface area contributed by atoms with Crippen molar-refractivity contribution in [3.05, 3.63) is 29.8 Å². The van der Waals surface area contributed by atoms with Crippen LogP contribution < -0.4 is 4.74 Å². The van der Waals surface area contributed by atoms with Gasteiger partial charge in [-0.05, 0) is 31.0 Å². The molecule has 0 fully saturated rings. The third kappa shape index (κ3) is 3.53. The molecule has 0 aliphatic heterocycles. The SMILES string of the molecule is CCCOc1ccc(C(O)C(C)O)cc1. The van der Waals surface area contributed by atoms with Gasteiger partial charge >= 0.3 is 0 Å². The lowest BCUT2D eigenvalue weighted by Crippen LogP contribution is -2.13. The molecule has 0 aromatic heterocycles. The molecule has 0 saturated carbocycles. The minimum atomic E-state index is -0.828. The molecule has 15 heavy (non-hydrogen) atoms. The van der Waals surface area contributed by atoms with Crippen LogP contribution >= 0.6 is 0 Å². The standard InChI is InChI=1S/C12H18O3/c1-3-8-15-11-6-4-10(5-7-11)12(14)9(2)13/h4-7,9,12-14H,3,8H2,1-2H3. The summed E-state index contributed by atoms with van der Waals surface area (Å²) in [5.41, 5.74) is 0.703. The van der Waals surface area contributed by atoms with Crippen molar-refractivity contribution < 1.29 is 14.9 Å². The fraction of sp³-hybridized carbons (Fsp3) is 0.500. The number of benzene rings is 1. The fourth-order valence-electron chi connectivity index (χ4n) is 1.26. The van der Waals surface area contributed by atoms with Crippen LogP contribution in [0.25, 0.3) is 0 Å². The zero-order valence-electron chi connectivity index (χ0n) is 9.18. The van der Waals surface area contributed by atoms with Crippen LogP contribution in [0.4, 0.5) is 0 Å². The van der Waals surface area contributed by atoms with Crippen molar-refractivity contribution in [2.45, 2.75) is 32.5 Å². The van der Waals surface area contributed by atoms with E-state index in [4.69, 9.17) is 4.74 Å². The zero-order valence-corrected chi connectivity index (χ0v) is 9.18. The molecule has 3 nitrogen and oxygen atoms in total. The molecular formula is C12H18O3. The summed E-state index contributed by atoms with van der Waals surface area (Å²) in [5, 5.41) is 18.8. The predicted octanol–water partition coefficient (Wildman–Crippen LogP) is 1.89. The molecule has 0 bridgehead atoms. The first-order valence-corrected chi connectivity index (χ1v) is 5.24. The maximum Gasteiger partial charge on any atom is 0.119 e. The van der Waals surface area contributed by atoms with Gasteiger partial charge < -0.3 is 14.9 Å². The Hall–Kier alpha value is -1.06. The van der Waals surface area contributed by atoms with Gasteiger partial charge in [0, 0.05) is 0 Å². The minimum absolute atomic E-state index is 0.693. The molecule has 0 amide bonds. The Labute approximate surface area is 90.3 Å². The molecule has 1 aromatic rings. The van der Waals surface area contributed by atoms with Crippen molar-refractivity contribution in [2.24, 2.45) is 0 Å². The van der Waals surface area contributed by atoms with Crippen molar-refractivity contribution in [3.63, 3.8) is 0 Å². The molecule has 0 heterocycles. The molecule has 84 valence electrons. The summed E-state index contributed by atoms with van der Waals surface area (Å²) in [5.74, 6) is 0.790. The predicted molar refractivity (Wildman–Crippen MR) is 58.9 cm³/mol. The quantitative estimate of drug-likeness (QED) is 0.780. The number of hydrogen-bond acceptors (Lipinski definition) is 3. The largest absolute Gasteiger partial charge is 0.494 e. The Morgan fingerprint density at radius 3 is 2.27 bits per heavy atom. The lowest BCUT2D eigenvalue weighted by molar-refractivity contribution is 0.0305. The summed E-state index contributed by atoms with van der Waals surface area (Å²) in [6, 6.07) is 7.14. The average Bonchev–Trinajstić information content (AvgIpc) is 2.26. The second kappa shape index (κ2) is 5.73. The van der Waals surface area contributed by atoms with E-state index in [1.807, 2.05) is 6.92 Å². The van der Waals surface area contributed by atoms with Gasteiger partial charge in [-0.15, -0.1) is 0 Å². The van der Waals surface area contributed by atoms with Crippen LogP contribution in [0.3, 0.4) is 0 Å². The van der Waals surface area contributed by atoms with E-state index < -0.39 is 12.2 Å². The van der Waals surface area contributed by atoms with Crippen LogP contribution in [0.15, 0.2) is 24.3 Å². The van der Waals surface area contributed by atoms with E-state index in [9.17, 15) is 10.2 Å². The van der Waals surface area contributed by atoms with E-state index in [-0.39, 0.29) is 0 Å². The maximum absolute atomic E-state index is 9.57. The zero-order chi connectivity index (χ0) is 11.3. The molecule has 2 unspecified atom stereocenters. The van der Waals surface area contributed by atoms with Crippen molar-refractivity contribution in [1.29, 1.82) is 0 Å². The van der Waals surface area contributed by atoms with Crippen LogP contribution in [0.5, 0.6) is 5.75 Å². The van der Waals surface area contributed by atoms with Crippen molar-refractivity contribution in [2.75, 3.05) is 6.61 Å². The molecule has 0 aliphatic rings. The van der Waals surface area contributed by atoms with E-state index in [0.29, 0.717) is 12.2 Å². The summed E-state index contributed by atoms with van der Waals surface area (Å²) >= 11 is 0. The lowest BCUT2D eigenvalue weighted by atomic mass is 10.1.